The highest BCUT2D eigenvalue weighted by Crippen LogP contribution is 2.12. The summed E-state index contributed by atoms with van der Waals surface area (Å²) in [6.45, 7) is 9.26. The summed E-state index contributed by atoms with van der Waals surface area (Å²) in [5.74, 6) is 0. The molecule has 0 radical (unpaired) electrons. The zero-order valence-electron chi connectivity index (χ0n) is 8.42. The molecule has 2 aliphatic rings. The Labute approximate surface area is 88.1 Å². The summed E-state index contributed by atoms with van der Waals surface area (Å²) in [6, 6.07) is 0. The molecule has 88 valence electrons. The molecule has 2 saturated heterocycles. The first kappa shape index (κ1) is 13.9. The molecule has 2 heterocycles. The largest absolute Gasteiger partial charge is 0.503 e. The molecular formula is C9H16O6. The van der Waals surface area contributed by atoms with Crippen LogP contribution in [0.2, 0.25) is 0 Å². The highest BCUT2D eigenvalue weighted by Gasteiger charge is 2.26. The first-order chi connectivity index (χ1) is 7.18. The third-order valence-corrected chi connectivity index (χ3v) is 1.41. The van der Waals surface area contributed by atoms with Gasteiger partial charge >= 0.3 is 6.16 Å². The van der Waals surface area contributed by atoms with Crippen molar-refractivity contribution in [1.82, 2.24) is 0 Å². The molecule has 0 bridgehead atoms. The molecule has 0 aromatic rings. The van der Waals surface area contributed by atoms with Crippen LogP contribution < -0.4 is 0 Å². The Kier molecular flexibility index (Phi) is 7.61. The number of rotatable bonds is 4. The minimum Gasteiger partial charge on any atom is -0.450 e. The molecule has 0 spiro atoms. The topological polar surface area (TPSA) is 91.8 Å². The fraction of sp³-hybridized carbons (Fsp3) is 0.667. The summed E-state index contributed by atoms with van der Waals surface area (Å²) < 4.78 is 15.1. The van der Waals surface area contributed by atoms with Crippen LogP contribution in [0.5, 0.6) is 0 Å². The third kappa shape index (κ3) is 12.9. The van der Waals surface area contributed by atoms with Gasteiger partial charge in [-0.1, -0.05) is 0 Å². The van der Waals surface area contributed by atoms with E-state index in [0.29, 0.717) is 12.2 Å². The Balaban J connectivity index is 0.000000282. The molecule has 2 rings (SSSR count). The SMILES string of the molecule is C(OCC1CO1)C1CO1.C=C.O=C(O)O. The molecule has 0 aliphatic carbocycles. The van der Waals surface area contributed by atoms with Crippen molar-refractivity contribution >= 4 is 6.16 Å². The fourth-order valence-electron chi connectivity index (χ4n) is 0.659. The summed E-state index contributed by atoms with van der Waals surface area (Å²) in [5, 5.41) is 13.9. The van der Waals surface area contributed by atoms with E-state index in [1.807, 2.05) is 0 Å². The van der Waals surface area contributed by atoms with Gasteiger partial charge in [0.2, 0.25) is 0 Å². The maximum Gasteiger partial charge on any atom is 0.503 e. The average molecular weight is 220 g/mol. The van der Waals surface area contributed by atoms with Gasteiger partial charge in [0.15, 0.2) is 0 Å². The van der Waals surface area contributed by atoms with E-state index < -0.39 is 6.16 Å². The van der Waals surface area contributed by atoms with Crippen LogP contribution in [0, 0.1) is 0 Å². The molecule has 2 unspecified atom stereocenters. The molecule has 0 aromatic heterocycles. The summed E-state index contributed by atoms with van der Waals surface area (Å²) in [6.07, 6.45) is -1.05. The number of hydrogen-bond acceptors (Lipinski definition) is 4. The number of ether oxygens (including phenoxy) is 3. The maximum atomic E-state index is 8.56. The molecular weight excluding hydrogens is 204 g/mol. The van der Waals surface area contributed by atoms with Gasteiger partial charge in [0.1, 0.15) is 12.2 Å². The second-order valence-corrected chi connectivity index (χ2v) is 2.73. The van der Waals surface area contributed by atoms with Crippen LogP contribution in [0.3, 0.4) is 0 Å². The monoisotopic (exact) mass is 220 g/mol. The highest BCUT2D eigenvalue weighted by molar-refractivity contribution is 5.53. The Morgan fingerprint density at radius 3 is 1.67 bits per heavy atom. The van der Waals surface area contributed by atoms with Crippen molar-refractivity contribution in [3.05, 3.63) is 13.2 Å². The number of hydrogen-bond donors (Lipinski definition) is 2. The van der Waals surface area contributed by atoms with Gasteiger partial charge in [-0.2, -0.15) is 0 Å². The lowest BCUT2D eigenvalue weighted by atomic mass is 10.5. The average Bonchev–Trinajstić information content (AvgIpc) is 3.01. The van der Waals surface area contributed by atoms with Crippen molar-refractivity contribution in [2.75, 3.05) is 26.4 Å². The van der Waals surface area contributed by atoms with Crippen molar-refractivity contribution in [1.29, 1.82) is 0 Å². The van der Waals surface area contributed by atoms with Gasteiger partial charge in [-0.15, -0.1) is 13.2 Å². The molecule has 2 atom stereocenters. The smallest absolute Gasteiger partial charge is 0.450 e. The van der Waals surface area contributed by atoms with Crippen molar-refractivity contribution in [3.63, 3.8) is 0 Å². The van der Waals surface area contributed by atoms with E-state index in [1.165, 1.54) is 0 Å². The molecule has 15 heavy (non-hydrogen) atoms. The van der Waals surface area contributed by atoms with E-state index in [2.05, 4.69) is 13.2 Å². The molecule has 6 heteroatoms. The number of epoxide rings is 2. The van der Waals surface area contributed by atoms with Gasteiger partial charge in [-0.25, -0.2) is 4.79 Å². The lowest BCUT2D eigenvalue weighted by Crippen LogP contribution is -2.06. The van der Waals surface area contributed by atoms with Gasteiger partial charge in [-0.05, 0) is 0 Å². The molecule has 6 nitrogen and oxygen atoms in total. The van der Waals surface area contributed by atoms with Crippen LogP contribution in [-0.2, 0) is 14.2 Å². The van der Waals surface area contributed by atoms with Crippen molar-refractivity contribution < 1.29 is 29.2 Å². The third-order valence-electron chi connectivity index (χ3n) is 1.41. The van der Waals surface area contributed by atoms with E-state index in [4.69, 9.17) is 29.2 Å². The summed E-state index contributed by atoms with van der Waals surface area (Å²) in [7, 11) is 0. The molecule has 0 aromatic carbocycles. The predicted octanol–water partition coefficient (Wildman–Crippen LogP) is 0.825. The molecule has 0 saturated carbocycles. The van der Waals surface area contributed by atoms with E-state index in [0.717, 1.165) is 26.4 Å². The van der Waals surface area contributed by atoms with Gasteiger partial charge < -0.3 is 24.4 Å². The Bertz CT molecular complexity index is 159. The van der Waals surface area contributed by atoms with E-state index in [1.54, 1.807) is 0 Å². The van der Waals surface area contributed by atoms with Gasteiger partial charge in [0, 0.05) is 0 Å². The minimum atomic E-state index is -1.83. The molecule has 2 aliphatic heterocycles. The van der Waals surface area contributed by atoms with Crippen LogP contribution in [-0.4, -0.2) is 55.0 Å². The summed E-state index contributed by atoms with van der Waals surface area (Å²) >= 11 is 0. The summed E-state index contributed by atoms with van der Waals surface area (Å²) in [4.78, 5) is 8.56. The van der Waals surface area contributed by atoms with Crippen LogP contribution in [0.25, 0.3) is 0 Å². The van der Waals surface area contributed by atoms with Gasteiger partial charge in [0.25, 0.3) is 0 Å². The molecule has 2 fully saturated rings. The molecule has 0 amide bonds. The fourth-order valence-corrected chi connectivity index (χ4v) is 0.659. The van der Waals surface area contributed by atoms with Crippen molar-refractivity contribution in [3.8, 4) is 0 Å². The lowest BCUT2D eigenvalue weighted by molar-refractivity contribution is 0.102. The van der Waals surface area contributed by atoms with Crippen molar-refractivity contribution in [2.45, 2.75) is 12.2 Å². The van der Waals surface area contributed by atoms with Gasteiger partial charge in [-0.3, -0.25) is 0 Å². The van der Waals surface area contributed by atoms with Crippen LogP contribution >= 0.6 is 0 Å². The zero-order chi connectivity index (χ0) is 11.7. The predicted molar refractivity (Wildman–Crippen MR) is 52.2 cm³/mol. The van der Waals surface area contributed by atoms with E-state index in [-0.39, 0.29) is 0 Å². The maximum absolute atomic E-state index is 8.56. The second-order valence-electron chi connectivity index (χ2n) is 2.73. The number of carboxylic acid groups (broad SMARTS) is 2. The van der Waals surface area contributed by atoms with Crippen LogP contribution in [0.4, 0.5) is 4.79 Å². The quantitative estimate of drug-likeness (QED) is 0.538. The van der Waals surface area contributed by atoms with Gasteiger partial charge in [0.05, 0.1) is 26.4 Å². The minimum absolute atomic E-state index is 0.392. The second kappa shape index (κ2) is 8.22. The Morgan fingerprint density at radius 1 is 1.20 bits per heavy atom. The van der Waals surface area contributed by atoms with E-state index >= 15 is 0 Å². The van der Waals surface area contributed by atoms with Crippen molar-refractivity contribution in [2.24, 2.45) is 0 Å². The normalized spacial score (nSPS) is 25.1. The Hall–Kier alpha value is -1.11. The molecule has 2 N–H and O–H groups in total. The first-order valence-electron chi connectivity index (χ1n) is 4.41. The first-order valence-corrected chi connectivity index (χ1v) is 4.41. The zero-order valence-corrected chi connectivity index (χ0v) is 8.42. The van der Waals surface area contributed by atoms with Crippen LogP contribution in [0.1, 0.15) is 0 Å². The van der Waals surface area contributed by atoms with E-state index in [9.17, 15) is 0 Å². The summed E-state index contributed by atoms with van der Waals surface area (Å²) in [5.41, 5.74) is 0. The van der Waals surface area contributed by atoms with Crippen LogP contribution in [0.15, 0.2) is 13.2 Å². The highest BCUT2D eigenvalue weighted by atomic mass is 16.6. The number of carbonyl (C=O) groups is 1. The standard InChI is InChI=1S/C6H10O3.C2H4.CH2O3/c1(5-3-8-5)7-2-6-4-9-6;1-2;2-1(3)4/h5-6H,1-4H2;1-2H2;(H2,2,3,4). The lowest BCUT2D eigenvalue weighted by Gasteiger charge is -1.95. The Morgan fingerprint density at radius 2 is 1.47 bits per heavy atom.